The number of imide groups is 1. The van der Waals surface area contributed by atoms with E-state index in [1.807, 2.05) is 30.3 Å². The van der Waals surface area contributed by atoms with Crippen molar-refractivity contribution >= 4 is 33.6 Å². The fourth-order valence-corrected chi connectivity index (χ4v) is 6.00. The van der Waals surface area contributed by atoms with E-state index < -0.39 is 40.0 Å². The fraction of sp³-hybridized carbons (Fsp3) is 0.400. The van der Waals surface area contributed by atoms with Crippen molar-refractivity contribution in [2.75, 3.05) is 25.0 Å². The third-order valence-corrected chi connectivity index (χ3v) is 8.37. The summed E-state index contributed by atoms with van der Waals surface area (Å²) in [7, 11) is -3.65. The van der Waals surface area contributed by atoms with E-state index in [2.05, 4.69) is 10.6 Å². The van der Waals surface area contributed by atoms with Crippen LogP contribution in [0.2, 0.25) is 0 Å². The second-order valence-corrected chi connectivity index (χ2v) is 11.1. The Morgan fingerprint density at radius 1 is 1.03 bits per heavy atom. The third kappa shape index (κ3) is 5.54. The van der Waals surface area contributed by atoms with Gasteiger partial charge in [-0.1, -0.05) is 42.8 Å². The van der Waals surface area contributed by atoms with Gasteiger partial charge in [0.1, 0.15) is 12.1 Å². The lowest BCUT2D eigenvalue weighted by Crippen LogP contribution is -2.45. The maximum absolute atomic E-state index is 13.0. The van der Waals surface area contributed by atoms with E-state index >= 15 is 0 Å². The first-order valence-corrected chi connectivity index (χ1v) is 13.2. The van der Waals surface area contributed by atoms with Crippen molar-refractivity contribution < 1.29 is 22.8 Å². The Bertz CT molecular complexity index is 1210. The van der Waals surface area contributed by atoms with Gasteiger partial charge in [0, 0.05) is 18.8 Å². The van der Waals surface area contributed by atoms with E-state index in [1.54, 1.807) is 19.1 Å². The average Bonchev–Trinajstić information content (AvgIpc) is 3.07. The van der Waals surface area contributed by atoms with Crippen molar-refractivity contribution in [3.05, 3.63) is 60.2 Å². The molecular weight excluding hydrogens is 468 g/mol. The molecule has 2 fully saturated rings. The number of rotatable bonds is 8. The standard InChI is InChI=1S/C25H30N4O5S/c1-25(14-13-19-9-4-2-5-10-19)23(31)29(24(32)27-25)18-22(30)26-20-11-8-12-21(17-20)35(33,34)28-15-6-3-7-16-28/h2,4-5,8-12,17H,3,6-7,13-16,18H2,1H3,(H,26,30)(H,27,32)/t25-/m1/s1. The number of hydrogen-bond acceptors (Lipinski definition) is 5. The van der Waals surface area contributed by atoms with Crippen molar-refractivity contribution in [1.82, 2.24) is 14.5 Å². The molecule has 2 N–H and O–H groups in total. The molecule has 4 rings (SSSR count). The lowest BCUT2D eigenvalue weighted by atomic mass is 9.93. The van der Waals surface area contributed by atoms with E-state index in [1.165, 1.54) is 16.4 Å². The van der Waals surface area contributed by atoms with E-state index in [4.69, 9.17) is 0 Å². The summed E-state index contributed by atoms with van der Waals surface area (Å²) >= 11 is 0. The minimum atomic E-state index is -3.65. The van der Waals surface area contributed by atoms with Crippen LogP contribution in [0.5, 0.6) is 0 Å². The van der Waals surface area contributed by atoms with Crippen LogP contribution in [-0.2, 0) is 26.0 Å². The summed E-state index contributed by atoms with van der Waals surface area (Å²) in [4.78, 5) is 39.1. The molecule has 4 amide bonds. The number of carbonyl (C=O) groups excluding carboxylic acids is 3. The summed E-state index contributed by atoms with van der Waals surface area (Å²) < 4.78 is 27.3. The second kappa shape index (κ2) is 10.2. The van der Waals surface area contributed by atoms with Crippen LogP contribution in [0.25, 0.3) is 0 Å². The molecule has 1 atom stereocenters. The topological polar surface area (TPSA) is 116 Å². The Kier molecular flexibility index (Phi) is 7.23. The van der Waals surface area contributed by atoms with Gasteiger partial charge >= 0.3 is 6.03 Å². The number of carbonyl (C=O) groups is 3. The number of nitrogens with zero attached hydrogens (tertiary/aromatic N) is 2. The number of aryl methyl sites for hydroxylation is 1. The summed E-state index contributed by atoms with van der Waals surface area (Å²) in [6, 6.07) is 15.0. The molecule has 186 valence electrons. The average molecular weight is 499 g/mol. The quantitative estimate of drug-likeness (QED) is 0.543. The minimum absolute atomic E-state index is 0.0979. The number of benzene rings is 2. The zero-order valence-electron chi connectivity index (χ0n) is 19.7. The zero-order valence-corrected chi connectivity index (χ0v) is 20.5. The SMILES string of the molecule is C[C@]1(CCc2ccccc2)NC(=O)N(CC(=O)Nc2cccc(S(=O)(=O)N3CCCCC3)c2)C1=O. The van der Waals surface area contributed by atoms with Crippen LogP contribution in [0.4, 0.5) is 10.5 Å². The summed E-state index contributed by atoms with van der Waals surface area (Å²) in [6.07, 6.45) is 3.66. The molecule has 0 aromatic heterocycles. The highest BCUT2D eigenvalue weighted by Crippen LogP contribution is 2.25. The predicted molar refractivity (Wildman–Crippen MR) is 131 cm³/mol. The van der Waals surface area contributed by atoms with Crippen LogP contribution in [0.1, 0.15) is 38.2 Å². The number of urea groups is 1. The fourth-order valence-electron chi connectivity index (χ4n) is 4.43. The number of piperidine rings is 1. The molecule has 2 aliphatic heterocycles. The van der Waals surface area contributed by atoms with E-state index in [9.17, 15) is 22.8 Å². The molecule has 10 heteroatoms. The van der Waals surface area contributed by atoms with Crippen LogP contribution in [0, 0.1) is 0 Å². The van der Waals surface area contributed by atoms with Gasteiger partial charge in [-0.05, 0) is 56.4 Å². The van der Waals surface area contributed by atoms with Crippen molar-refractivity contribution in [3.63, 3.8) is 0 Å². The Balaban J connectivity index is 1.39. The molecule has 0 unspecified atom stereocenters. The highest BCUT2D eigenvalue weighted by atomic mass is 32.2. The van der Waals surface area contributed by atoms with Crippen LogP contribution >= 0.6 is 0 Å². The maximum atomic E-state index is 13.0. The number of anilines is 1. The Hall–Kier alpha value is -3.24. The van der Waals surface area contributed by atoms with Crippen molar-refractivity contribution in [1.29, 1.82) is 0 Å². The van der Waals surface area contributed by atoms with Gasteiger partial charge < -0.3 is 10.6 Å². The minimum Gasteiger partial charge on any atom is -0.324 e. The summed E-state index contributed by atoms with van der Waals surface area (Å²) in [6.45, 7) is 2.15. The zero-order chi connectivity index (χ0) is 25.1. The number of sulfonamides is 1. The Labute approximate surface area is 205 Å². The summed E-state index contributed by atoms with van der Waals surface area (Å²) in [5.74, 6) is -1.05. The van der Waals surface area contributed by atoms with Crippen molar-refractivity contribution in [2.24, 2.45) is 0 Å². The Morgan fingerprint density at radius 2 is 1.74 bits per heavy atom. The molecule has 2 aliphatic rings. The molecule has 0 radical (unpaired) electrons. The molecular formula is C25H30N4O5S. The third-order valence-electron chi connectivity index (χ3n) is 6.47. The van der Waals surface area contributed by atoms with E-state index in [0.717, 1.165) is 29.7 Å². The Morgan fingerprint density at radius 3 is 2.46 bits per heavy atom. The molecule has 2 heterocycles. The van der Waals surface area contributed by atoms with Gasteiger partial charge in [-0.25, -0.2) is 13.2 Å². The normalized spacial score (nSPS) is 21.1. The van der Waals surface area contributed by atoms with Gasteiger partial charge in [-0.3, -0.25) is 14.5 Å². The maximum Gasteiger partial charge on any atom is 0.325 e. The molecule has 35 heavy (non-hydrogen) atoms. The lowest BCUT2D eigenvalue weighted by Gasteiger charge is -2.26. The molecule has 0 spiro atoms. The van der Waals surface area contributed by atoms with Crippen LogP contribution in [-0.4, -0.2) is 60.6 Å². The highest BCUT2D eigenvalue weighted by Gasteiger charge is 2.47. The molecule has 2 aromatic rings. The van der Waals surface area contributed by atoms with Gasteiger partial charge in [-0.15, -0.1) is 0 Å². The van der Waals surface area contributed by atoms with E-state index in [0.29, 0.717) is 25.9 Å². The van der Waals surface area contributed by atoms with Crippen LogP contribution in [0.3, 0.4) is 0 Å². The first-order chi connectivity index (χ1) is 16.7. The second-order valence-electron chi connectivity index (χ2n) is 9.18. The van der Waals surface area contributed by atoms with Crippen LogP contribution in [0.15, 0.2) is 59.5 Å². The predicted octanol–water partition coefficient (Wildman–Crippen LogP) is 2.74. The molecule has 2 aromatic carbocycles. The lowest BCUT2D eigenvalue weighted by molar-refractivity contribution is -0.133. The summed E-state index contributed by atoms with van der Waals surface area (Å²) in [5.41, 5.74) is 0.230. The van der Waals surface area contributed by atoms with Gasteiger partial charge in [0.25, 0.3) is 5.91 Å². The molecule has 0 aliphatic carbocycles. The molecule has 2 saturated heterocycles. The van der Waals surface area contributed by atoms with Crippen molar-refractivity contribution in [3.8, 4) is 0 Å². The van der Waals surface area contributed by atoms with Gasteiger partial charge in [0.15, 0.2) is 0 Å². The van der Waals surface area contributed by atoms with Gasteiger partial charge in [-0.2, -0.15) is 4.31 Å². The number of amides is 4. The van der Waals surface area contributed by atoms with Crippen LogP contribution < -0.4 is 10.6 Å². The summed E-state index contributed by atoms with van der Waals surface area (Å²) in [5, 5.41) is 5.32. The first kappa shape index (κ1) is 24.9. The van der Waals surface area contributed by atoms with E-state index in [-0.39, 0.29) is 10.6 Å². The van der Waals surface area contributed by atoms with Gasteiger partial charge in [0.2, 0.25) is 15.9 Å². The largest absolute Gasteiger partial charge is 0.325 e. The molecule has 0 bridgehead atoms. The highest BCUT2D eigenvalue weighted by molar-refractivity contribution is 7.89. The first-order valence-electron chi connectivity index (χ1n) is 11.8. The monoisotopic (exact) mass is 498 g/mol. The number of nitrogens with one attached hydrogen (secondary N) is 2. The smallest absolute Gasteiger partial charge is 0.324 e. The van der Waals surface area contributed by atoms with Gasteiger partial charge in [0.05, 0.1) is 4.90 Å². The molecule has 0 saturated carbocycles. The van der Waals surface area contributed by atoms with Crippen molar-refractivity contribution in [2.45, 2.75) is 49.5 Å². The number of hydrogen-bond donors (Lipinski definition) is 2. The molecule has 9 nitrogen and oxygen atoms in total.